The lowest BCUT2D eigenvalue weighted by Crippen LogP contribution is -2.55. The van der Waals surface area contributed by atoms with Crippen LogP contribution in [0.4, 0.5) is 21.2 Å². The number of carbonyl (C=O) groups excluding carboxylic acids is 3. The Balaban J connectivity index is 1.13. The van der Waals surface area contributed by atoms with Gasteiger partial charge in [0.15, 0.2) is 5.60 Å². The van der Waals surface area contributed by atoms with E-state index in [1.165, 1.54) is 7.11 Å². The first-order valence-corrected chi connectivity index (χ1v) is 24.2. The highest BCUT2D eigenvalue weighted by atomic mass is 28.4. The first-order chi connectivity index (χ1) is 28.9. The fourth-order valence-corrected chi connectivity index (χ4v) is 12.9. The van der Waals surface area contributed by atoms with Gasteiger partial charge in [-0.2, -0.15) is 0 Å². The van der Waals surface area contributed by atoms with Crippen molar-refractivity contribution < 1.29 is 33.1 Å². The molecule has 3 aromatic carbocycles. The lowest BCUT2D eigenvalue weighted by Gasteiger charge is -2.39. The number of aliphatic hydroxyl groups excluding tert-OH is 1. The summed E-state index contributed by atoms with van der Waals surface area (Å²) in [6, 6.07) is 25.4. The molecule has 13 nitrogen and oxygen atoms in total. The van der Waals surface area contributed by atoms with Gasteiger partial charge in [-0.05, 0) is 94.2 Å². The summed E-state index contributed by atoms with van der Waals surface area (Å²) in [7, 11) is -2.13. The maximum atomic E-state index is 16.8. The molecule has 1 unspecified atom stereocenters. The van der Waals surface area contributed by atoms with Gasteiger partial charge in [0, 0.05) is 54.1 Å². The predicted octanol–water partition coefficient (Wildman–Crippen LogP) is 5.89. The number of anilines is 3. The number of halogens is 1. The average Bonchev–Trinajstić information content (AvgIpc) is 3.98. The Kier molecular flexibility index (Phi) is 11.7. The molecule has 4 aliphatic rings. The molecular weight excluding hydrogens is 782 g/mol. The largest absolute Gasteiger partial charge is 0.469 e. The maximum Gasteiger partial charge on any atom is 0.305 e. The van der Waals surface area contributed by atoms with Gasteiger partial charge in [-0.1, -0.05) is 60.7 Å². The monoisotopic (exact) mass is 837 g/mol. The third-order valence-corrected chi connectivity index (χ3v) is 15.8. The fraction of sp³-hybridized carbons (Fsp3) is 0.489. The van der Waals surface area contributed by atoms with Crippen molar-refractivity contribution in [1.82, 2.24) is 20.3 Å². The van der Waals surface area contributed by atoms with Gasteiger partial charge in [-0.3, -0.25) is 24.0 Å². The molecule has 2 spiro atoms. The van der Waals surface area contributed by atoms with Crippen molar-refractivity contribution in [1.29, 1.82) is 0 Å². The number of benzene rings is 3. The van der Waals surface area contributed by atoms with Crippen LogP contribution in [0.1, 0.15) is 68.2 Å². The summed E-state index contributed by atoms with van der Waals surface area (Å²) in [6.07, 6.45) is 4.18. The topological polar surface area (TPSA) is 142 Å². The van der Waals surface area contributed by atoms with E-state index in [1.807, 2.05) is 96.9 Å². The van der Waals surface area contributed by atoms with Gasteiger partial charge < -0.3 is 33.8 Å². The molecule has 0 aliphatic carbocycles. The SMILES string of the molecule is COC(=O)CCCCN1C(=O)[C@@]2(O[C@@H](CCn3cc(C(CO)c4ccccc4)nn3)[C@H]([Si](C)(C)F)[C@H]2C)c2cc(N3CN(c4ccccc4)C4(CCNCC4)C3=O)ccc21. The van der Waals surface area contributed by atoms with Crippen LogP contribution in [0.2, 0.25) is 18.6 Å². The third kappa shape index (κ3) is 7.32. The highest BCUT2D eigenvalue weighted by Gasteiger charge is 2.67. The van der Waals surface area contributed by atoms with Gasteiger partial charge in [0.25, 0.3) is 11.8 Å². The van der Waals surface area contributed by atoms with E-state index in [4.69, 9.17) is 9.47 Å². The van der Waals surface area contributed by atoms with E-state index in [9.17, 15) is 14.7 Å². The Morgan fingerprint density at radius 1 is 1.00 bits per heavy atom. The summed E-state index contributed by atoms with van der Waals surface area (Å²) < 4.78 is 30.5. The molecule has 4 aromatic rings. The van der Waals surface area contributed by atoms with Gasteiger partial charge in [-0.25, -0.2) is 0 Å². The number of esters is 1. The number of carbonyl (C=O) groups is 3. The molecule has 2 amide bonds. The summed E-state index contributed by atoms with van der Waals surface area (Å²) >= 11 is 0. The van der Waals surface area contributed by atoms with Crippen LogP contribution in [0, 0.1) is 5.92 Å². The minimum atomic E-state index is -3.49. The standard InChI is InChI=1S/C45H56FN7O6Si/c1-31-41(60(3,4)46)39(20-26-50-28-37(48-49-50)35(29-54)32-13-7-5-8-14-32)59-45(31)36-27-34(18-19-38(36)51(43(45)57)25-12-11-17-40(55)58-2)52-30-53(33-15-9-6-10-16-33)44(42(52)56)21-23-47-24-22-44/h5-10,13-16,18-19,27-28,31,35,39,41,47,54H,11-12,17,20-26,29-30H2,1-4H3/t31-,35?,39+,41-,45+/m1/s1. The van der Waals surface area contributed by atoms with Gasteiger partial charge >= 0.3 is 5.97 Å². The highest BCUT2D eigenvalue weighted by molar-refractivity contribution is 6.72. The van der Waals surface area contributed by atoms with Gasteiger partial charge in [0.05, 0.1) is 43.8 Å². The molecule has 0 radical (unpaired) electrons. The number of rotatable bonds is 14. The first-order valence-electron chi connectivity index (χ1n) is 21.2. The number of fused-ring (bicyclic) bond motifs is 2. The number of nitrogens with zero attached hydrogens (tertiary/aromatic N) is 6. The summed E-state index contributed by atoms with van der Waals surface area (Å²) in [4.78, 5) is 47.7. The van der Waals surface area contributed by atoms with E-state index < -0.39 is 37.1 Å². The van der Waals surface area contributed by atoms with Gasteiger partial charge in [-0.15, -0.1) is 5.10 Å². The number of aromatic nitrogens is 3. The first kappa shape index (κ1) is 41.8. The molecule has 2 N–H and O–H groups in total. The number of hydrogen-bond donors (Lipinski definition) is 2. The smallest absolute Gasteiger partial charge is 0.305 e. The van der Waals surface area contributed by atoms with Crippen LogP contribution in [0.5, 0.6) is 0 Å². The zero-order valence-electron chi connectivity index (χ0n) is 34.9. The van der Waals surface area contributed by atoms with Gasteiger partial charge in [0.1, 0.15) is 5.54 Å². The summed E-state index contributed by atoms with van der Waals surface area (Å²) in [6.45, 7) is 7.65. The van der Waals surface area contributed by atoms with Crippen molar-refractivity contribution in [2.24, 2.45) is 5.92 Å². The van der Waals surface area contributed by atoms with Crippen molar-refractivity contribution in [3.8, 4) is 0 Å². The van der Waals surface area contributed by atoms with Crippen molar-refractivity contribution in [3.05, 3.63) is 102 Å². The number of para-hydroxylation sites is 1. The Morgan fingerprint density at radius 3 is 2.40 bits per heavy atom. The molecule has 3 fully saturated rings. The molecule has 1 aromatic heterocycles. The van der Waals surface area contributed by atoms with Crippen LogP contribution in [-0.2, 0) is 36.0 Å². The van der Waals surface area contributed by atoms with E-state index in [1.54, 1.807) is 22.7 Å². The molecule has 318 valence electrons. The second kappa shape index (κ2) is 16.8. The van der Waals surface area contributed by atoms with Crippen molar-refractivity contribution in [3.63, 3.8) is 0 Å². The third-order valence-electron chi connectivity index (χ3n) is 13.4. The number of aryl methyl sites for hydroxylation is 1. The second-order valence-electron chi connectivity index (χ2n) is 17.2. The molecule has 15 heteroatoms. The number of methoxy groups -OCH3 is 1. The van der Waals surface area contributed by atoms with Crippen LogP contribution in [0.15, 0.2) is 85.1 Å². The number of nitrogens with one attached hydrogen (secondary N) is 1. The second-order valence-corrected chi connectivity index (χ2v) is 21.0. The fourth-order valence-electron chi connectivity index (χ4n) is 10.4. The lowest BCUT2D eigenvalue weighted by atomic mass is 9.82. The molecule has 0 saturated carbocycles. The van der Waals surface area contributed by atoms with Crippen LogP contribution in [0.3, 0.4) is 0 Å². The van der Waals surface area contributed by atoms with E-state index in [0.29, 0.717) is 74.5 Å². The number of unbranched alkanes of at least 4 members (excludes halogenated alkanes) is 1. The average molecular weight is 838 g/mol. The maximum absolute atomic E-state index is 16.8. The molecule has 4 aliphatic heterocycles. The van der Waals surface area contributed by atoms with E-state index in [-0.39, 0.29) is 36.7 Å². The quantitative estimate of drug-likeness (QED) is 0.0684. The van der Waals surface area contributed by atoms with Crippen LogP contribution in [-0.4, -0.2) is 98.0 Å². The van der Waals surface area contributed by atoms with Crippen molar-refractivity contribution in [2.45, 2.75) is 93.8 Å². The van der Waals surface area contributed by atoms with E-state index >= 15 is 8.90 Å². The van der Waals surface area contributed by atoms with E-state index in [2.05, 4.69) is 20.5 Å². The van der Waals surface area contributed by atoms with Crippen LogP contribution in [0.25, 0.3) is 0 Å². The zero-order chi connectivity index (χ0) is 42.2. The number of aliphatic hydroxyl groups is 1. The normalized spacial score (nSPS) is 24.2. The molecular formula is C45H56FN7O6Si. The van der Waals surface area contributed by atoms with E-state index in [0.717, 1.165) is 24.3 Å². The Morgan fingerprint density at radius 2 is 1.72 bits per heavy atom. The number of amides is 2. The Bertz CT molecular complexity index is 2180. The molecule has 3 saturated heterocycles. The highest BCUT2D eigenvalue weighted by Crippen LogP contribution is 2.61. The number of ether oxygens (including phenoxy) is 2. The van der Waals surface area contributed by atoms with Crippen LogP contribution < -0.4 is 20.0 Å². The molecule has 60 heavy (non-hydrogen) atoms. The zero-order valence-corrected chi connectivity index (χ0v) is 35.9. The van der Waals surface area contributed by atoms with Crippen molar-refractivity contribution >= 4 is 43.3 Å². The number of piperidine rings is 1. The van der Waals surface area contributed by atoms with Gasteiger partial charge in [0.2, 0.25) is 8.41 Å². The summed E-state index contributed by atoms with van der Waals surface area (Å²) in [5.41, 5.74) is 1.73. The molecule has 5 heterocycles. The van der Waals surface area contributed by atoms with Crippen LogP contribution >= 0.6 is 0 Å². The minimum absolute atomic E-state index is 0.0159. The summed E-state index contributed by atoms with van der Waals surface area (Å²) in [5.74, 6) is -1.43. The number of hydrogen-bond acceptors (Lipinski definition) is 10. The minimum Gasteiger partial charge on any atom is -0.469 e. The predicted molar refractivity (Wildman–Crippen MR) is 229 cm³/mol. The molecule has 0 bridgehead atoms. The molecule has 5 atom stereocenters. The van der Waals surface area contributed by atoms with Crippen molar-refractivity contribution in [2.75, 3.05) is 54.7 Å². The Labute approximate surface area is 352 Å². The lowest BCUT2D eigenvalue weighted by molar-refractivity contribution is -0.146. The Hall–Kier alpha value is -4.96. The molecule has 8 rings (SSSR count). The summed E-state index contributed by atoms with van der Waals surface area (Å²) in [5, 5.41) is 22.5.